The highest BCUT2D eigenvalue weighted by Crippen LogP contribution is 2.33. The molecular weight excluding hydrogens is 316 g/mol. The molecular formula is C20H22N2O3. The van der Waals surface area contributed by atoms with Crippen LogP contribution >= 0.6 is 0 Å². The van der Waals surface area contributed by atoms with Gasteiger partial charge in [-0.15, -0.1) is 0 Å². The Hall–Kier alpha value is -2.62. The normalized spacial score (nSPS) is 13.7. The minimum absolute atomic E-state index is 0.645. The molecule has 1 heterocycles. The van der Waals surface area contributed by atoms with Crippen LogP contribution in [0.1, 0.15) is 16.7 Å². The average molecular weight is 338 g/mol. The molecule has 1 aliphatic heterocycles. The number of fused-ring (bicyclic) bond motifs is 1. The summed E-state index contributed by atoms with van der Waals surface area (Å²) in [6.45, 7) is 2.95. The van der Waals surface area contributed by atoms with E-state index in [0.29, 0.717) is 5.69 Å². The van der Waals surface area contributed by atoms with Gasteiger partial charge in [0.2, 0.25) is 6.08 Å². The van der Waals surface area contributed by atoms with Crippen LogP contribution in [0.15, 0.2) is 41.4 Å². The molecule has 2 aromatic carbocycles. The molecule has 1 aliphatic rings. The number of nitrogens with zero attached hydrogens (tertiary/aromatic N) is 2. The van der Waals surface area contributed by atoms with E-state index in [2.05, 4.69) is 22.0 Å². The number of methoxy groups -OCH3 is 2. The van der Waals surface area contributed by atoms with Gasteiger partial charge < -0.3 is 9.47 Å². The van der Waals surface area contributed by atoms with E-state index in [-0.39, 0.29) is 0 Å². The predicted octanol–water partition coefficient (Wildman–Crippen LogP) is 3.27. The third kappa shape index (κ3) is 4.08. The number of isocyanates is 1. The Labute approximate surface area is 147 Å². The van der Waals surface area contributed by atoms with Gasteiger partial charge in [-0.1, -0.05) is 12.1 Å². The lowest BCUT2D eigenvalue weighted by atomic mass is 9.98. The van der Waals surface area contributed by atoms with Crippen molar-refractivity contribution in [2.24, 2.45) is 4.99 Å². The zero-order valence-corrected chi connectivity index (χ0v) is 14.6. The largest absolute Gasteiger partial charge is 0.493 e. The van der Waals surface area contributed by atoms with Crippen molar-refractivity contribution in [3.8, 4) is 11.5 Å². The average Bonchev–Trinajstić information content (AvgIpc) is 2.66. The third-order valence-electron chi connectivity index (χ3n) is 4.62. The first-order valence-electron chi connectivity index (χ1n) is 8.36. The number of benzene rings is 2. The minimum atomic E-state index is 0.645. The molecule has 0 radical (unpaired) electrons. The number of hydrogen-bond acceptors (Lipinski definition) is 5. The molecule has 0 fully saturated rings. The summed E-state index contributed by atoms with van der Waals surface area (Å²) in [6, 6.07) is 11.9. The van der Waals surface area contributed by atoms with E-state index in [4.69, 9.17) is 9.47 Å². The van der Waals surface area contributed by atoms with Crippen LogP contribution in [0.2, 0.25) is 0 Å². The quantitative estimate of drug-likeness (QED) is 0.599. The summed E-state index contributed by atoms with van der Waals surface area (Å²) in [7, 11) is 3.34. The van der Waals surface area contributed by atoms with Crippen molar-refractivity contribution >= 4 is 11.8 Å². The number of rotatable bonds is 6. The monoisotopic (exact) mass is 338 g/mol. The first-order valence-corrected chi connectivity index (χ1v) is 8.36. The van der Waals surface area contributed by atoms with Gasteiger partial charge in [0.05, 0.1) is 19.9 Å². The summed E-state index contributed by atoms with van der Waals surface area (Å²) in [5.41, 5.74) is 4.53. The molecule has 0 aromatic heterocycles. The van der Waals surface area contributed by atoms with Crippen molar-refractivity contribution in [3.05, 3.63) is 53.1 Å². The zero-order chi connectivity index (χ0) is 17.6. The molecule has 5 nitrogen and oxygen atoms in total. The molecule has 0 unspecified atom stereocenters. The summed E-state index contributed by atoms with van der Waals surface area (Å²) >= 11 is 0. The van der Waals surface area contributed by atoms with Crippen molar-refractivity contribution in [2.45, 2.75) is 19.4 Å². The van der Waals surface area contributed by atoms with Gasteiger partial charge in [0, 0.05) is 19.6 Å². The highest BCUT2D eigenvalue weighted by Gasteiger charge is 2.19. The van der Waals surface area contributed by atoms with Crippen LogP contribution in [0.3, 0.4) is 0 Å². The fraction of sp³-hybridized carbons (Fsp3) is 0.350. The van der Waals surface area contributed by atoms with Crippen molar-refractivity contribution in [1.82, 2.24) is 4.90 Å². The number of aliphatic imine (C=N–C) groups is 1. The molecule has 25 heavy (non-hydrogen) atoms. The predicted molar refractivity (Wildman–Crippen MR) is 96.5 cm³/mol. The summed E-state index contributed by atoms with van der Waals surface area (Å²) in [5, 5.41) is 0. The summed E-state index contributed by atoms with van der Waals surface area (Å²) < 4.78 is 10.8. The van der Waals surface area contributed by atoms with Crippen LogP contribution in [-0.2, 0) is 24.2 Å². The van der Waals surface area contributed by atoms with Crippen LogP contribution in [-0.4, -0.2) is 38.3 Å². The molecule has 2 aromatic rings. The first-order chi connectivity index (χ1) is 12.2. The Kier molecular flexibility index (Phi) is 5.49. The Morgan fingerprint density at radius 2 is 1.76 bits per heavy atom. The van der Waals surface area contributed by atoms with E-state index < -0.39 is 0 Å². The second-order valence-corrected chi connectivity index (χ2v) is 6.12. The Balaban J connectivity index is 1.63. The van der Waals surface area contributed by atoms with E-state index in [1.165, 1.54) is 16.7 Å². The maximum absolute atomic E-state index is 10.3. The maximum Gasteiger partial charge on any atom is 0.240 e. The lowest BCUT2D eigenvalue weighted by molar-refractivity contribution is 0.255. The Bertz CT molecular complexity index is 780. The van der Waals surface area contributed by atoms with Crippen LogP contribution < -0.4 is 9.47 Å². The Morgan fingerprint density at radius 3 is 2.40 bits per heavy atom. The summed E-state index contributed by atoms with van der Waals surface area (Å²) in [6.07, 6.45) is 3.54. The van der Waals surface area contributed by atoms with Crippen LogP contribution in [0.4, 0.5) is 5.69 Å². The fourth-order valence-corrected chi connectivity index (χ4v) is 3.21. The SMILES string of the molecule is COc1cc2c(cc1OC)CN(CCc1ccc(N=C=O)cc1)CC2. The number of carbonyl (C=O) groups excluding carboxylic acids is 1. The molecule has 0 saturated heterocycles. The molecule has 0 bridgehead atoms. The van der Waals surface area contributed by atoms with Gasteiger partial charge >= 0.3 is 0 Å². The van der Waals surface area contributed by atoms with Crippen molar-refractivity contribution in [1.29, 1.82) is 0 Å². The minimum Gasteiger partial charge on any atom is -0.493 e. The van der Waals surface area contributed by atoms with E-state index in [0.717, 1.165) is 44.0 Å². The highest BCUT2D eigenvalue weighted by molar-refractivity contribution is 5.49. The molecule has 0 aliphatic carbocycles. The zero-order valence-electron chi connectivity index (χ0n) is 14.6. The molecule has 0 N–H and O–H groups in total. The van der Waals surface area contributed by atoms with Gasteiger partial charge in [-0.05, 0) is 53.8 Å². The second-order valence-electron chi connectivity index (χ2n) is 6.12. The molecule has 0 spiro atoms. The van der Waals surface area contributed by atoms with Gasteiger partial charge in [0.25, 0.3) is 0 Å². The first kappa shape index (κ1) is 17.2. The highest BCUT2D eigenvalue weighted by atomic mass is 16.5. The number of ether oxygens (including phenoxy) is 2. The topological polar surface area (TPSA) is 51.1 Å². The molecule has 0 atom stereocenters. The lowest BCUT2D eigenvalue weighted by Crippen LogP contribution is -2.32. The number of hydrogen-bond donors (Lipinski definition) is 0. The van der Waals surface area contributed by atoms with Crippen molar-refractivity contribution in [2.75, 3.05) is 27.3 Å². The van der Waals surface area contributed by atoms with Gasteiger partial charge in [0.15, 0.2) is 11.5 Å². The van der Waals surface area contributed by atoms with Crippen molar-refractivity contribution in [3.63, 3.8) is 0 Å². The van der Waals surface area contributed by atoms with Crippen LogP contribution in [0.25, 0.3) is 0 Å². The lowest BCUT2D eigenvalue weighted by Gasteiger charge is -2.29. The molecule has 0 amide bonds. The smallest absolute Gasteiger partial charge is 0.240 e. The Morgan fingerprint density at radius 1 is 1.08 bits per heavy atom. The molecule has 130 valence electrons. The third-order valence-corrected chi connectivity index (χ3v) is 4.62. The maximum atomic E-state index is 10.3. The standard InChI is InChI=1S/C20H22N2O3/c1-24-19-11-16-8-10-22(13-17(16)12-20(19)25-2)9-7-15-3-5-18(6-4-15)21-14-23/h3-6,11-12H,7-10,13H2,1-2H3. The van der Waals surface area contributed by atoms with Gasteiger partial charge in [0.1, 0.15) is 0 Å². The van der Waals surface area contributed by atoms with Crippen LogP contribution in [0.5, 0.6) is 11.5 Å². The second kappa shape index (κ2) is 7.97. The van der Waals surface area contributed by atoms with Crippen molar-refractivity contribution < 1.29 is 14.3 Å². The van der Waals surface area contributed by atoms with Gasteiger partial charge in [-0.2, -0.15) is 4.99 Å². The van der Waals surface area contributed by atoms with Crippen LogP contribution in [0, 0.1) is 0 Å². The van der Waals surface area contributed by atoms with Gasteiger partial charge in [-0.25, -0.2) is 4.79 Å². The van der Waals surface area contributed by atoms with E-state index in [1.54, 1.807) is 20.3 Å². The van der Waals surface area contributed by atoms with Gasteiger partial charge in [-0.3, -0.25) is 4.90 Å². The van der Waals surface area contributed by atoms with E-state index in [1.807, 2.05) is 24.3 Å². The molecule has 5 heteroatoms. The summed E-state index contributed by atoms with van der Waals surface area (Å²) in [5.74, 6) is 1.59. The molecule has 3 rings (SSSR count). The summed E-state index contributed by atoms with van der Waals surface area (Å²) in [4.78, 5) is 16.3. The van der Waals surface area contributed by atoms with E-state index >= 15 is 0 Å². The fourth-order valence-electron chi connectivity index (χ4n) is 3.21. The van der Waals surface area contributed by atoms with E-state index in [9.17, 15) is 4.79 Å². The molecule has 0 saturated carbocycles.